The van der Waals surface area contributed by atoms with E-state index in [1.807, 2.05) is 12.1 Å². The number of anilines is 1. The van der Waals surface area contributed by atoms with Crippen LogP contribution in [0, 0.1) is 0 Å². The molecule has 0 atom stereocenters. The van der Waals surface area contributed by atoms with Gasteiger partial charge in [0.1, 0.15) is 0 Å². The minimum Gasteiger partial charge on any atom is -0.301 e. The zero-order chi connectivity index (χ0) is 16.0. The fourth-order valence-corrected chi connectivity index (χ4v) is 4.22. The molecule has 0 fully saturated rings. The summed E-state index contributed by atoms with van der Waals surface area (Å²) in [5.41, 5.74) is 3.21. The number of rotatable bonds is 3. The van der Waals surface area contributed by atoms with E-state index in [2.05, 4.69) is 34.6 Å². The van der Waals surface area contributed by atoms with Crippen LogP contribution in [0.5, 0.6) is 0 Å². The Bertz CT molecular complexity index is 906. The molecule has 0 saturated carbocycles. The molecule has 3 aromatic rings. The molecule has 0 unspecified atom stereocenters. The number of aromatic nitrogens is 1. The fourth-order valence-electron chi connectivity index (χ4n) is 2.79. The van der Waals surface area contributed by atoms with Gasteiger partial charge in [-0.1, -0.05) is 59.5 Å². The minimum absolute atomic E-state index is 0.0672. The van der Waals surface area contributed by atoms with Gasteiger partial charge in [0.2, 0.25) is 5.91 Å². The molecule has 4 nitrogen and oxygen atoms in total. The Kier molecular flexibility index (Phi) is 3.43. The standard InChI is InChI=1S/C17H12N2O2S2/c1-9(20)22-8-13(21)18-17-19-15-11-6-2-4-10-5-3-7-12(14(10)11)16(15)23-17/h2-7H,8H2,1H3,(H,18,19,21). The van der Waals surface area contributed by atoms with E-state index < -0.39 is 0 Å². The van der Waals surface area contributed by atoms with Crippen LogP contribution in [-0.4, -0.2) is 21.8 Å². The Hall–Kier alpha value is -2.18. The van der Waals surface area contributed by atoms with Crippen LogP contribution in [0.4, 0.5) is 5.13 Å². The van der Waals surface area contributed by atoms with Crippen molar-refractivity contribution in [1.82, 2.24) is 4.98 Å². The van der Waals surface area contributed by atoms with Gasteiger partial charge < -0.3 is 5.32 Å². The molecule has 1 aromatic heterocycles. The number of carbonyl (C=O) groups is 2. The summed E-state index contributed by atoms with van der Waals surface area (Å²) in [5, 5.41) is 5.73. The van der Waals surface area contributed by atoms with Crippen LogP contribution in [-0.2, 0) is 9.59 Å². The smallest absolute Gasteiger partial charge is 0.236 e. The van der Waals surface area contributed by atoms with Gasteiger partial charge in [-0.15, -0.1) is 0 Å². The van der Waals surface area contributed by atoms with Crippen LogP contribution in [0.2, 0.25) is 0 Å². The highest BCUT2D eigenvalue weighted by molar-refractivity contribution is 8.14. The maximum atomic E-state index is 11.9. The van der Waals surface area contributed by atoms with E-state index in [9.17, 15) is 9.59 Å². The van der Waals surface area contributed by atoms with Gasteiger partial charge in [0.05, 0.1) is 16.3 Å². The molecule has 2 aromatic carbocycles. The Labute approximate surface area is 140 Å². The first kappa shape index (κ1) is 14.4. The van der Waals surface area contributed by atoms with Crippen molar-refractivity contribution >= 4 is 50.0 Å². The van der Waals surface area contributed by atoms with Gasteiger partial charge in [0.25, 0.3) is 0 Å². The van der Waals surface area contributed by atoms with Crippen LogP contribution in [0.25, 0.3) is 32.5 Å². The van der Waals surface area contributed by atoms with Gasteiger partial charge in [0, 0.05) is 18.1 Å². The molecule has 0 spiro atoms. The van der Waals surface area contributed by atoms with E-state index in [0.29, 0.717) is 5.13 Å². The first-order valence-corrected chi connectivity index (χ1v) is 8.90. The Morgan fingerprint density at radius 2 is 1.91 bits per heavy atom. The molecule has 0 saturated heterocycles. The molecule has 6 heteroatoms. The molecule has 1 amide bonds. The van der Waals surface area contributed by atoms with Crippen molar-refractivity contribution in [3.8, 4) is 21.7 Å². The van der Waals surface area contributed by atoms with Crippen LogP contribution in [0.15, 0.2) is 36.4 Å². The van der Waals surface area contributed by atoms with Gasteiger partial charge in [0.15, 0.2) is 10.2 Å². The van der Waals surface area contributed by atoms with Gasteiger partial charge in [-0.25, -0.2) is 4.98 Å². The van der Waals surface area contributed by atoms with Crippen LogP contribution in [0.3, 0.4) is 0 Å². The summed E-state index contributed by atoms with van der Waals surface area (Å²) in [7, 11) is 0. The fraction of sp³-hybridized carbons (Fsp3) is 0.118. The molecule has 114 valence electrons. The van der Waals surface area contributed by atoms with Crippen LogP contribution < -0.4 is 5.32 Å². The normalized spacial score (nSPS) is 11.5. The number of hydrogen-bond acceptors (Lipinski definition) is 5. The number of thioether (sulfide) groups is 1. The zero-order valence-corrected chi connectivity index (χ0v) is 13.9. The van der Waals surface area contributed by atoms with Crippen molar-refractivity contribution < 1.29 is 9.59 Å². The number of nitrogens with zero attached hydrogens (tertiary/aromatic N) is 1. The third-order valence-corrected chi connectivity index (χ3v) is 5.50. The molecule has 1 aliphatic rings. The number of fused-ring (bicyclic) bond motifs is 3. The second kappa shape index (κ2) is 5.47. The average molecular weight is 340 g/mol. The summed E-state index contributed by atoms with van der Waals surface area (Å²) in [6.45, 7) is 1.45. The topological polar surface area (TPSA) is 59.1 Å². The van der Waals surface area contributed by atoms with E-state index in [-0.39, 0.29) is 16.8 Å². The van der Waals surface area contributed by atoms with Crippen molar-refractivity contribution in [2.45, 2.75) is 6.92 Å². The Balaban J connectivity index is 1.67. The molecule has 0 radical (unpaired) electrons. The highest BCUT2D eigenvalue weighted by Gasteiger charge is 2.25. The van der Waals surface area contributed by atoms with Gasteiger partial charge in [-0.2, -0.15) is 0 Å². The second-order valence-corrected chi connectivity index (χ2v) is 7.39. The molecule has 23 heavy (non-hydrogen) atoms. The molecular weight excluding hydrogens is 328 g/mol. The number of amides is 1. The lowest BCUT2D eigenvalue weighted by molar-refractivity contribution is -0.114. The summed E-state index contributed by atoms with van der Waals surface area (Å²) < 4.78 is 0. The first-order chi connectivity index (χ1) is 11.1. The second-order valence-electron chi connectivity index (χ2n) is 5.23. The average Bonchev–Trinajstić information content (AvgIpc) is 3.06. The number of benzene rings is 2. The molecule has 1 aliphatic carbocycles. The molecule has 0 bridgehead atoms. The predicted octanol–water partition coefficient (Wildman–Crippen LogP) is 4.16. The maximum Gasteiger partial charge on any atom is 0.236 e. The van der Waals surface area contributed by atoms with E-state index in [1.54, 1.807) is 0 Å². The van der Waals surface area contributed by atoms with E-state index >= 15 is 0 Å². The third kappa shape index (κ3) is 2.44. The third-order valence-electron chi connectivity index (χ3n) is 3.68. The Morgan fingerprint density at radius 1 is 1.17 bits per heavy atom. The molecular formula is C17H12N2O2S2. The number of carbonyl (C=O) groups excluding carboxylic acids is 2. The lowest BCUT2D eigenvalue weighted by Gasteiger charge is -2.02. The molecule has 1 heterocycles. The van der Waals surface area contributed by atoms with Crippen LogP contribution >= 0.6 is 23.1 Å². The summed E-state index contributed by atoms with van der Waals surface area (Å²) in [4.78, 5) is 28.5. The quantitative estimate of drug-likeness (QED) is 0.608. The predicted molar refractivity (Wildman–Crippen MR) is 95.8 cm³/mol. The lowest BCUT2D eigenvalue weighted by Crippen LogP contribution is -2.14. The highest BCUT2D eigenvalue weighted by atomic mass is 32.2. The summed E-state index contributed by atoms with van der Waals surface area (Å²) in [6.07, 6.45) is 0. The SMILES string of the molecule is CC(=O)SCC(=O)Nc1nc2c(s1)-c1cccc3cccc-2c13. The van der Waals surface area contributed by atoms with Crippen molar-refractivity contribution in [2.75, 3.05) is 11.1 Å². The van der Waals surface area contributed by atoms with Gasteiger partial charge in [-0.3, -0.25) is 9.59 Å². The lowest BCUT2D eigenvalue weighted by atomic mass is 10.0. The first-order valence-electron chi connectivity index (χ1n) is 7.10. The van der Waals surface area contributed by atoms with Gasteiger partial charge >= 0.3 is 0 Å². The monoisotopic (exact) mass is 340 g/mol. The zero-order valence-electron chi connectivity index (χ0n) is 12.3. The molecule has 1 N–H and O–H groups in total. The summed E-state index contributed by atoms with van der Waals surface area (Å²) >= 11 is 2.48. The largest absolute Gasteiger partial charge is 0.301 e. The highest BCUT2D eigenvalue weighted by Crippen LogP contribution is 2.50. The summed E-state index contributed by atoms with van der Waals surface area (Å²) in [5.74, 6) is -0.0877. The van der Waals surface area contributed by atoms with Crippen molar-refractivity contribution in [3.05, 3.63) is 36.4 Å². The number of thiazole rings is 1. The van der Waals surface area contributed by atoms with Crippen molar-refractivity contribution in [3.63, 3.8) is 0 Å². The molecule has 0 aliphatic heterocycles. The van der Waals surface area contributed by atoms with Crippen LogP contribution in [0.1, 0.15) is 6.92 Å². The number of hydrogen-bond donors (Lipinski definition) is 1. The number of nitrogens with one attached hydrogen (secondary N) is 1. The van der Waals surface area contributed by atoms with E-state index in [1.165, 1.54) is 34.6 Å². The van der Waals surface area contributed by atoms with Gasteiger partial charge in [-0.05, 0) is 10.8 Å². The van der Waals surface area contributed by atoms with Crippen molar-refractivity contribution in [2.24, 2.45) is 0 Å². The summed E-state index contributed by atoms with van der Waals surface area (Å²) in [6, 6.07) is 12.4. The maximum absolute atomic E-state index is 11.9. The van der Waals surface area contributed by atoms with Crippen molar-refractivity contribution in [1.29, 1.82) is 0 Å². The van der Waals surface area contributed by atoms with E-state index in [4.69, 9.17) is 0 Å². The Morgan fingerprint density at radius 3 is 2.65 bits per heavy atom. The minimum atomic E-state index is -0.205. The molecule has 4 rings (SSSR count). The van der Waals surface area contributed by atoms with E-state index in [0.717, 1.165) is 27.9 Å².